The number of anilines is 1. The third-order valence-corrected chi connectivity index (χ3v) is 1.87. The number of hydrogen-bond acceptors (Lipinski definition) is 5. The molecule has 1 rings (SSSR count). The summed E-state index contributed by atoms with van der Waals surface area (Å²) >= 11 is 0. The molecular weight excluding hydrogens is 250 g/mol. The smallest absolute Gasteiger partial charge is 0.414 e. The van der Waals surface area contributed by atoms with Gasteiger partial charge in [0.05, 0.1) is 5.57 Å². The van der Waals surface area contributed by atoms with Crippen LogP contribution in [0.4, 0.5) is 10.7 Å². The zero-order valence-electron chi connectivity index (χ0n) is 10.9. The van der Waals surface area contributed by atoms with Crippen LogP contribution in [0.1, 0.15) is 26.3 Å². The Morgan fingerprint density at radius 2 is 1.84 bits per heavy atom. The SMILES string of the molecule is C=C(C(=O)O)c1cnc(NC(=O)OC(C)(C)C)nc1. The highest BCUT2D eigenvalue weighted by molar-refractivity contribution is 6.14. The van der Waals surface area contributed by atoms with Gasteiger partial charge in [-0.3, -0.25) is 5.32 Å². The number of nitrogens with zero attached hydrogens (tertiary/aromatic N) is 2. The standard InChI is InChI=1S/C12H15N3O4/c1-7(9(16)17)8-5-13-10(14-6-8)15-11(18)19-12(2,3)4/h5-6H,1H2,2-4H3,(H,16,17)(H,13,14,15,18). The largest absolute Gasteiger partial charge is 0.478 e. The summed E-state index contributed by atoms with van der Waals surface area (Å²) in [6, 6.07) is 0. The maximum Gasteiger partial charge on any atom is 0.414 e. The van der Waals surface area contributed by atoms with Gasteiger partial charge in [-0.15, -0.1) is 0 Å². The van der Waals surface area contributed by atoms with Crippen LogP contribution in [0, 0.1) is 0 Å². The molecule has 0 atom stereocenters. The van der Waals surface area contributed by atoms with Crippen molar-refractivity contribution < 1.29 is 19.4 Å². The van der Waals surface area contributed by atoms with Crippen LogP contribution >= 0.6 is 0 Å². The molecule has 0 radical (unpaired) electrons. The fraction of sp³-hybridized carbons (Fsp3) is 0.333. The number of carboxylic acid groups (broad SMARTS) is 1. The normalized spacial score (nSPS) is 10.7. The molecular formula is C12H15N3O4. The summed E-state index contributed by atoms with van der Waals surface area (Å²) in [6.45, 7) is 8.56. The van der Waals surface area contributed by atoms with Gasteiger partial charge < -0.3 is 9.84 Å². The first-order chi connectivity index (χ1) is 8.69. The van der Waals surface area contributed by atoms with Crippen LogP contribution in [-0.4, -0.2) is 32.7 Å². The third kappa shape index (κ3) is 4.74. The van der Waals surface area contributed by atoms with Gasteiger partial charge in [-0.25, -0.2) is 19.6 Å². The summed E-state index contributed by atoms with van der Waals surface area (Å²) in [5.41, 5.74) is -0.479. The Hall–Kier alpha value is -2.44. The average Bonchev–Trinajstić information content (AvgIpc) is 2.26. The first-order valence-electron chi connectivity index (χ1n) is 5.43. The van der Waals surface area contributed by atoms with Gasteiger partial charge in [0.15, 0.2) is 0 Å². The zero-order valence-corrected chi connectivity index (χ0v) is 10.9. The predicted octanol–water partition coefficient (Wildman–Crippen LogP) is 1.92. The van der Waals surface area contributed by atoms with E-state index >= 15 is 0 Å². The fourth-order valence-corrected chi connectivity index (χ4v) is 1.07. The van der Waals surface area contributed by atoms with Crippen LogP contribution in [0.25, 0.3) is 5.57 Å². The molecule has 0 aliphatic carbocycles. The number of ether oxygens (including phenoxy) is 1. The van der Waals surface area contributed by atoms with Gasteiger partial charge in [0, 0.05) is 18.0 Å². The van der Waals surface area contributed by atoms with Gasteiger partial charge in [0.1, 0.15) is 5.60 Å². The van der Waals surface area contributed by atoms with Crippen molar-refractivity contribution in [2.24, 2.45) is 0 Å². The Kier molecular flexibility index (Phi) is 4.21. The lowest BCUT2D eigenvalue weighted by atomic mass is 10.2. The number of hydrogen-bond donors (Lipinski definition) is 2. The molecule has 0 saturated carbocycles. The summed E-state index contributed by atoms with van der Waals surface area (Å²) < 4.78 is 5.02. The summed E-state index contributed by atoms with van der Waals surface area (Å²) in [5, 5.41) is 11.1. The van der Waals surface area contributed by atoms with Crippen LogP contribution in [0.2, 0.25) is 0 Å². The van der Waals surface area contributed by atoms with E-state index in [0.717, 1.165) is 0 Å². The molecule has 19 heavy (non-hydrogen) atoms. The molecule has 1 aromatic rings. The number of rotatable bonds is 3. The number of aromatic nitrogens is 2. The molecule has 0 unspecified atom stereocenters. The molecule has 7 nitrogen and oxygen atoms in total. The van der Waals surface area contributed by atoms with Crippen LogP contribution in [0.15, 0.2) is 19.0 Å². The molecule has 2 N–H and O–H groups in total. The van der Waals surface area contributed by atoms with Gasteiger partial charge >= 0.3 is 12.1 Å². The van der Waals surface area contributed by atoms with E-state index < -0.39 is 17.7 Å². The van der Waals surface area contributed by atoms with Gasteiger partial charge in [-0.2, -0.15) is 0 Å². The highest BCUT2D eigenvalue weighted by Gasteiger charge is 2.17. The average molecular weight is 265 g/mol. The van der Waals surface area contributed by atoms with E-state index in [2.05, 4.69) is 21.9 Å². The van der Waals surface area contributed by atoms with Crippen molar-refractivity contribution in [1.82, 2.24) is 9.97 Å². The topological polar surface area (TPSA) is 101 Å². The van der Waals surface area contributed by atoms with Crippen molar-refractivity contribution in [1.29, 1.82) is 0 Å². The monoisotopic (exact) mass is 265 g/mol. The number of nitrogens with one attached hydrogen (secondary N) is 1. The van der Waals surface area contributed by atoms with Crippen molar-refractivity contribution in [3.8, 4) is 0 Å². The fourth-order valence-electron chi connectivity index (χ4n) is 1.07. The van der Waals surface area contributed by atoms with E-state index in [1.807, 2.05) is 0 Å². The Balaban J connectivity index is 2.70. The second-order valence-corrected chi connectivity index (χ2v) is 4.71. The minimum absolute atomic E-state index is 0.0242. The molecule has 102 valence electrons. The predicted molar refractivity (Wildman–Crippen MR) is 68.6 cm³/mol. The molecule has 0 aliphatic heterocycles. The first-order valence-corrected chi connectivity index (χ1v) is 5.43. The molecule has 0 aliphatic rings. The van der Waals surface area contributed by atoms with Gasteiger partial charge in [0.2, 0.25) is 5.95 Å². The van der Waals surface area contributed by atoms with Crippen molar-refractivity contribution >= 4 is 23.6 Å². The number of amides is 1. The minimum atomic E-state index is -1.16. The molecule has 7 heteroatoms. The van der Waals surface area contributed by atoms with E-state index in [9.17, 15) is 9.59 Å². The van der Waals surface area contributed by atoms with Gasteiger partial charge in [0.25, 0.3) is 0 Å². The second kappa shape index (κ2) is 5.47. The van der Waals surface area contributed by atoms with Gasteiger partial charge in [-0.05, 0) is 20.8 Å². The van der Waals surface area contributed by atoms with Crippen LogP contribution in [0.5, 0.6) is 0 Å². The maximum absolute atomic E-state index is 11.4. The molecule has 0 fully saturated rings. The van der Waals surface area contributed by atoms with E-state index in [-0.39, 0.29) is 17.1 Å². The highest BCUT2D eigenvalue weighted by Crippen LogP contribution is 2.12. The van der Waals surface area contributed by atoms with E-state index in [1.165, 1.54) is 12.4 Å². The number of carboxylic acids is 1. The summed E-state index contributed by atoms with van der Waals surface area (Å²) in [7, 11) is 0. The molecule has 1 aromatic heterocycles. The molecule has 0 aromatic carbocycles. The van der Waals surface area contributed by atoms with Crippen molar-refractivity contribution in [2.75, 3.05) is 5.32 Å². The Morgan fingerprint density at radius 3 is 2.26 bits per heavy atom. The lowest BCUT2D eigenvalue weighted by molar-refractivity contribution is -0.130. The van der Waals surface area contributed by atoms with E-state index in [0.29, 0.717) is 0 Å². The Bertz CT molecular complexity index is 503. The first kappa shape index (κ1) is 14.6. The van der Waals surface area contributed by atoms with Crippen LogP contribution in [0.3, 0.4) is 0 Å². The van der Waals surface area contributed by atoms with Crippen LogP contribution in [-0.2, 0) is 9.53 Å². The number of carbonyl (C=O) groups is 2. The molecule has 0 saturated heterocycles. The van der Waals surface area contributed by atoms with Crippen molar-refractivity contribution in [3.05, 3.63) is 24.5 Å². The highest BCUT2D eigenvalue weighted by atomic mass is 16.6. The number of aliphatic carboxylic acids is 1. The minimum Gasteiger partial charge on any atom is -0.478 e. The van der Waals surface area contributed by atoms with Crippen molar-refractivity contribution in [2.45, 2.75) is 26.4 Å². The van der Waals surface area contributed by atoms with E-state index in [4.69, 9.17) is 9.84 Å². The molecule has 1 amide bonds. The second-order valence-electron chi connectivity index (χ2n) is 4.71. The summed E-state index contributed by atoms with van der Waals surface area (Å²) in [6.07, 6.45) is 1.84. The van der Waals surface area contributed by atoms with Gasteiger partial charge in [-0.1, -0.05) is 6.58 Å². The van der Waals surface area contributed by atoms with Crippen LogP contribution < -0.4 is 5.32 Å². The summed E-state index contributed by atoms with van der Waals surface area (Å²) in [5.74, 6) is -1.13. The lowest BCUT2D eigenvalue weighted by Gasteiger charge is -2.19. The quantitative estimate of drug-likeness (QED) is 0.809. The maximum atomic E-state index is 11.4. The Morgan fingerprint density at radius 1 is 1.32 bits per heavy atom. The molecule has 1 heterocycles. The Labute approximate surface area is 110 Å². The summed E-state index contributed by atoms with van der Waals surface area (Å²) in [4.78, 5) is 29.7. The number of carbonyl (C=O) groups excluding carboxylic acids is 1. The lowest BCUT2D eigenvalue weighted by Crippen LogP contribution is -2.27. The molecule has 0 bridgehead atoms. The van der Waals surface area contributed by atoms with Crippen molar-refractivity contribution in [3.63, 3.8) is 0 Å². The van der Waals surface area contributed by atoms with E-state index in [1.54, 1.807) is 20.8 Å². The molecule has 0 spiro atoms. The third-order valence-electron chi connectivity index (χ3n) is 1.87. The zero-order chi connectivity index (χ0) is 14.6.